The summed E-state index contributed by atoms with van der Waals surface area (Å²) in [6.07, 6.45) is 0. The van der Waals surface area contributed by atoms with Gasteiger partial charge < -0.3 is 10.1 Å². The van der Waals surface area contributed by atoms with Gasteiger partial charge in [0.2, 0.25) is 0 Å². The maximum Gasteiger partial charge on any atom is 0.0620 e. The van der Waals surface area contributed by atoms with E-state index in [0.29, 0.717) is 12.0 Å². The molecule has 0 aliphatic carbocycles. The van der Waals surface area contributed by atoms with Crippen molar-refractivity contribution in [3.05, 3.63) is 0 Å². The van der Waals surface area contributed by atoms with Crippen LogP contribution in [0.1, 0.15) is 20.8 Å². The number of ether oxygens (including phenoxy) is 1. The minimum atomic E-state index is 0.567. The van der Waals surface area contributed by atoms with E-state index < -0.39 is 0 Å². The molecule has 0 amide bonds. The summed E-state index contributed by atoms with van der Waals surface area (Å²) in [5, 5.41) is 3.33. The van der Waals surface area contributed by atoms with Crippen molar-refractivity contribution in [2.75, 3.05) is 33.4 Å². The molecule has 0 bridgehead atoms. The van der Waals surface area contributed by atoms with Crippen molar-refractivity contribution in [2.24, 2.45) is 5.92 Å². The fourth-order valence-corrected chi connectivity index (χ4v) is 2.11. The Hall–Kier alpha value is -0.120. The lowest BCUT2D eigenvalue weighted by Crippen LogP contribution is -2.61. The van der Waals surface area contributed by atoms with Crippen LogP contribution in [0.3, 0.4) is 0 Å². The van der Waals surface area contributed by atoms with E-state index in [4.69, 9.17) is 4.74 Å². The molecule has 1 saturated heterocycles. The first-order chi connectivity index (χ1) is 6.70. The van der Waals surface area contributed by atoms with Crippen molar-refractivity contribution in [1.82, 2.24) is 10.2 Å². The van der Waals surface area contributed by atoms with E-state index >= 15 is 0 Å². The zero-order valence-electron chi connectivity index (χ0n) is 9.92. The molecule has 0 aromatic heterocycles. The van der Waals surface area contributed by atoms with Crippen LogP contribution >= 0.6 is 0 Å². The van der Waals surface area contributed by atoms with Crippen molar-refractivity contribution in [3.63, 3.8) is 0 Å². The molecule has 3 nitrogen and oxygen atoms in total. The van der Waals surface area contributed by atoms with Crippen LogP contribution in [-0.2, 0) is 4.74 Å². The van der Waals surface area contributed by atoms with Gasteiger partial charge in [0.25, 0.3) is 0 Å². The van der Waals surface area contributed by atoms with Gasteiger partial charge >= 0.3 is 0 Å². The molecule has 3 heteroatoms. The van der Waals surface area contributed by atoms with E-state index in [0.717, 1.165) is 32.3 Å². The summed E-state index contributed by atoms with van der Waals surface area (Å²) in [6, 6.07) is 1.29. The summed E-state index contributed by atoms with van der Waals surface area (Å²) < 4.78 is 5.30. The van der Waals surface area contributed by atoms with Crippen molar-refractivity contribution >= 4 is 0 Å². The Kier molecular flexibility index (Phi) is 4.85. The maximum atomic E-state index is 5.30. The van der Waals surface area contributed by atoms with Gasteiger partial charge in [-0.15, -0.1) is 0 Å². The van der Waals surface area contributed by atoms with Gasteiger partial charge in [0.15, 0.2) is 0 Å². The van der Waals surface area contributed by atoms with Crippen LogP contribution in [0.25, 0.3) is 0 Å². The third-order valence-corrected chi connectivity index (χ3v) is 3.13. The number of nitrogens with one attached hydrogen (secondary N) is 1. The number of likely N-dealkylation sites (N-methyl/N-ethyl adjacent to an activating group) is 1. The van der Waals surface area contributed by atoms with Crippen LogP contribution in [0, 0.1) is 5.92 Å². The highest BCUT2D eigenvalue weighted by molar-refractivity contribution is 4.88. The highest BCUT2D eigenvalue weighted by Gasteiger charge is 2.30. The van der Waals surface area contributed by atoms with Crippen molar-refractivity contribution in [2.45, 2.75) is 32.9 Å². The minimum absolute atomic E-state index is 0.567. The summed E-state index contributed by atoms with van der Waals surface area (Å²) in [5.41, 5.74) is 0. The van der Waals surface area contributed by atoms with Crippen LogP contribution < -0.4 is 5.32 Å². The summed E-state index contributed by atoms with van der Waals surface area (Å²) in [7, 11) is 1.79. The Morgan fingerprint density at radius 3 is 2.36 bits per heavy atom. The molecule has 0 aromatic rings. The van der Waals surface area contributed by atoms with Crippen molar-refractivity contribution < 1.29 is 4.74 Å². The molecule has 1 fully saturated rings. The summed E-state index contributed by atoms with van der Waals surface area (Å²) in [5.74, 6) is 0.662. The van der Waals surface area contributed by atoms with Gasteiger partial charge in [-0.1, -0.05) is 20.8 Å². The second-order valence-electron chi connectivity index (χ2n) is 4.41. The summed E-state index contributed by atoms with van der Waals surface area (Å²) in [6.45, 7) is 11.0. The Morgan fingerprint density at radius 1 is 1.43 bits per heavy atom. The molecule has 14 heavy (non-hydrogen) atoms. The molecule has 84 valence electrons. The number of nitrogens with zero attached hydrogens (tertiary/aromatic N) is 1. The average molecular weight is 200 g/mol. The third-order valence-electron chi connectivity index (χ3n) is 3.13. The molecular formula is C11H24N2O. The Morgan fingerprint density at radius 2 is 2.07 bits per heavy atom. The van der Waals surface area contributed by atoms with Gasteiger partial charge in [-0.05, 0) is 12.5 Å². The molecule has 1 rings (SSSR count). The lowest BCUT2D eigenvalue weighted by atomic mass is 9.99. The number of hydrogen-bond donors (Lipinski definition) is 1. The standard InChI is InChI=1S/C11H24N2O/c1-5-13(10-6-12-7-10)11(8-14-4)9(2)3/h9-12H,5-8H2,1-4H3. The van der Waals surface area contributed by atoms with E-state index in [-0.39, 0.29) is 0 Å². The molecule has 0 spiro atoms. The number of rotatable bonds is 6. The van der Waals surface area contributed by atoms with Crippen LogP contribution in [-0.4, -0.2) is 50.3 Å². The molecule has 1 atom stereocenters. The Balaban J connectivity index is 2.52. The molecule has 1 aliphatic heterocycles. The first-order valence-corrected chi connectivity index (χ1v) is 5.66. The fourth-order valence-electron chi connectivity index (χ4n) is 2.11. The molecule has 1 heterocycles. The van der Waals surface area contributed by atoms with Gasteiger partial charge in [-0.25, -0.2) is 0 Å². The Bertz CT molecular complexity index is 157. The third kappa shape index (κ3) is 2.69. The number of methoxy groups -OCH3 is 1. The van der Waals surface area contributed by atoms with E-state index in [2.05, 4.69) is 31.0 Å². The highest BCUT2D eigenvalue weighted by Crippen LogP contribution is 2.16. The molecule has 1 N–H and O–H groups in total. The molecule has 0 saturated carbocycles. The zero-order valence-corrected chi connectivity index (χ0v) is 9.92. The normalized spacial score (nSPS) is 20.1. The summed E-state index contributed by atoms with van der Waals surface area (Å²) in [4.78, 5) is 2.57. The minimum Gasteiger partial charge on any atom is -0.383 e. The SMILES string of the molecule is CCN(C1CNC1)C(COC)C(C)C. The molecule has 0 radical (unpaired) electrons. The maximum absolute atomic E-state index is 5.30. The number of hydrogen-bond acceptors (Lipinski definition) is 3. The van der Waals surface area contributed by atoms with Gasteiger partial charge in [-0.3, -0.25) is 4.90 Å². The smallest absolute Gasteiger partial charge is 0.0620 e. The first-order valence-electron chi connectivity index (χ1n) is 5.66. The van der Waals surface area contributed by atoms with Gasteiger partial charge in [0, 0.05) is 32.3 Å². The second kappa shape index (κ2) is 5.69. The largest absolute Gasteiger partial charge is 0.383 e. The highest BCUT2D eigenvalue weighted by atomic mass is 16.5. The molecule has 0 aromatic carbocycles. The second-order valence-corrected chi connectivity index (χ2v) is 4.41. The molecule has 1 unspecified atom stereocenters. The van der Waals surface area contributed by atoms with Gasteiger partial charge in [-0.2, -0.15) is 0 Å². The Labute approximate surface area is 87.8 Å². The predicted molar refractivity (Wildman–Crippen MR) is 59.5 cm³/mol. The lowest BCUT2D eigenvalue weighted by molar-refractivity contribution is 0.0234. The predicted octanol–water partition coefficient (Wildman–Crippen LogP) is 0.951. The monoisotopic (exact) mass is 200 g/mol. The van der Waals surface area contributed by atoms with Gasteiger partial charge in [0.1, 0.15) is 0 Å². The van der Waals surface area contributed by atoms with Crippen LogP contribution in [0.2, 0.25) is 0 Å². The van der Waals surface area contributed by atoms with E-state index in [1.54, 1.807) is 7.11 Å². The average Bonchev–Trinajstić information content (AvgIpc) is 2.07. The van der Waals surface area contributed by atoms with Crippen LogP contribution in [0.4, 0.5) is 0 Å². The topological polar surface area (TPSA) is 24.5 Å². The van der Waals surface area contributed by atoms with Crippen LogP contribution in [0.5, 0.6) is 0 Å². The van der Waals surface area contributed by atoms with Crippen molar-refractivity contribution in [1.29, 1.82) is 0 Å². The molecular weight excluding hydrogens is 176 g/mol. The zero-order chi connectivity index (χ0) is 10.6. The van der Waals surface area contributed by atoms with E-state index in [9.17, 15) is 0 Å². The van der Waals surface area contributed by atoms with E-state index in [1.807, 2.05) is 0 Å². The molecule has 1 aliphatic rings. The summed E-state index contributed by atoms with van der Waals surface area (Å²) >= 11 is 0. The quantitative estimate of drug-likeness (QED) is 0.691. The first kappa shape index (κ1) is 12.0. The van der Waals surface area contributed by atoms with Crippen LogP contribution in [0.15, 0.2) is 0 Å². The van der Waals surface area contributed by atoms with E-state index in [1.165, 1.54) is 0 Å². The van der Waals surface area contributed by atoms with Gasteiger partial charge in [0.05, 0.1) is 6.61 Å². The van der Waals surface area contributed by atoms with Crippen molar-refractivity contribution in [3.8, 4) is 0 Å². The lowest BCUT2D eigenvalue weighted by Gasteiger charge is -2.43. The fraction of sp³-hybridized carbons (Fsp3) is 1.00.